The monoisotopic (exact) mass is 518 g/mol. The van der Waals surface area contributed by atoms with Crippen LogP contribution in [0.1, 0.15) is 37.7 Å². The van der Waals surface area contributed by atoms with E-state index >= 15 is 0 Å². The second kappa shape index (κ2) is 12.0. The van der Waals surface area contributed by atoms with Gasteiger partial charge in [0.1, 0.15) is 0 Å². The zero-order chi connectivity index (χ0) is 26.4. The summed E-state index contributed by atoms with van der Waals surface area (Å²) in [5.74, 6) is -4.73. The second-order valence-corrected chi connectivity index (χ2v) is 9.68. The lowest BCUT2D eigenvalue weighted by molar-refractivity contribution is -0.159. The number of aliphatic carboxylic acids is 2. The van der Waals surface area contributed by atoms with Crippen LogP contribution < -0.4 is 10.3 Å². The summed E-state index contributed by atoms with van der Waals surface area (Å²) in [5, 5.41) is 25.8. The lowest BCUT2D eigenvalue weighted by Crippen LogP contribution is -2.32. The number of hydrogen-bond donors (Lipinski definition) is 3. The Morgan fingerprint density at radius 1 is 1.00 bits per heavy atom. The molecular weight excluding hydrogens is 491 g/mol. The van der Waals surface area contributed by atoms with Gasteiger partial charge in [-0.1, -0.05) is 44.0 Å². The fraction of sp³-hybridized carbons (Fsp3) is 0.455. The average Bonchev–Trinajstić information content (AvgIpc) is 2.68. The molecule has 2 rings (SSSR count). The summed E-state index contributed by atoms with van der Waals surface area (Å²) in [6.07, 6.45) is 0.702. The van der Waals surface area contributed by atoms with Crippen molar-refractivity contribution in [3.05, 3.63) is 38.2 Å². The molecule has 0 saturated heterocycles. The molecule has 1 aromatic carbocycles. The van der Waals surface area contributed by atoms with Gasteiger partial charge in [0.15, 0.2) is 11.4 Å². The quantitative estimate of drug-likeness (QED) is 0.369. The molecule has 34 heavy (non-hydrogen) atoms. The molecule has 10 nitrogen and oxygen atoms in total. The highest BCUT2D eigenvalue weighted by Gasteiger charge is 2.26. The maximum Gasteiger partial charge on any atom is 0.414 e. The van der Waals surface area contributed by atoms with Crippen LogP contribution in [0.5, 0.6) is 5.75 Å². The third-order valence-electron chi connectivity index (χ3n) is 4.28. The summed E-state index contributed by atoms with van der Waals surface area (Å²) in [5.41, 5.74) is -0.919. The minimum atomic E-state index is -1.82. The van der Waals surface area contributed by atoms with Crippen molar-refractivity contribution < 1.29 is 34.4 Å². The molecule has 0 saturated carbocycles. The smallest absolute Gasteiger partial charge is 0.414 e. The molecule has 0 aliphatic heterocycles. The standard InChI is InChI=1S/C20H26Cl2N2O4.C2H2O4/c1-20(2,3)11-24-16(19(26)27)17(28-8-6-7-23(4)5)12-9-14(21)15(22)10-13(12)18(24)25;3-1(4)2(5)6/h9-10H,6-8,11H2,1-5H3,(H,26,27);(H,3,4)(H,5,6). The minimum Gasteiger partial charge on any atom is -0.490 e. The Kier molecular flexibility index (Phi) is 10.4. The van der Waals surface area contributed by atoms with E-state index in [1.807, 2.05) is 39.8 Å². The van der Waals surface area contributed by atoms with Gasteiger partial charge in [0, 0.05) is 18.5 Å². The topological polar surface area (TPSA) is 146 Å². The van der Waals surface area contributed by atoms with Crippen LogP contribution in [0.2, 0.25) is 10.0 Å². The molecule has 0 fully saturated rings. The zero-order valence-corrected chi connectivity index (χ0v) is 21.0. The van der Waals surface area contributed by atoms with Gasteiger partial charge in [-0.2, -0.15) is 0 Å². The molecule has 1 heterocycles. The maximum absolute atomic E-state index is 13.1. The second-order valence-electron chi connectivity index (χ2n) is 8.86. The Morgan fingerprint density at radius 3 is 1.91 bits per heavy atom. The van der Waals surface area contributed by atoms with Crippen molar-refractivity contribution in [2.75, 3.05) is 27.2 Å². The van der Waals surface area contributed by atoms with Crippen molar-refractivity contribution in [1.82, 2.24) is 9.47 Å². The van der Waals surface area contributed by atoms with Gasteiger partial charge >= 0.3 is 17.9 Å². The van der Waals surface area contributed by atoms with Gasteiger partial charge < -0.3 is 25.0 Å². The van der Waals surface area contributed by atoms with Crippen molar-refractivity contribution in [1.29, 1.82) is 0 Å². The normalized spacial score (nSPS) is 11.2. The first-order valence-electron chi connectivity index (χ1n) is 10.1. The number of carboxylic acids is 3. The van der Waals surface area contributed by atoms with Crippen LogP contribution in [0, 0.1) is 5.41 Å². The fourth-order valence-electron chi connectivity index (χ4n) is 2.95. The number of rotatable bonds is 7. The van der Waals surface area contributed by atoms with Crippen molar-refractivity contribution in [3.63, 3.8) is 0 Å². The number of fused-ring (bicyclic) bond motifs is 1. The first kappa shape index (κ1) is 29.2. The van der Waals surface area contributed by atoms with Crippen LogP contribution in [0.3, 0.4) is 0 Å². The molecule has 3 N–H and O–H groups in total. The Balaban J connectivity index is 0.000000852. The molecule has 0 radical (unpaired) electrons. The summed E-state index contributed by atoms with van der Waals surface area (Å²) >= 11 is 12.3. The van der Waals surface area contributed by atoms with E-state index in [0.29, 0.717) is 18.4 Å². The summed E-state index contributed by atoms with van der Waals surface area (Å²) in [6, 6.07) is 2.97. The van der Waals surface area contributed by atoms with Crippen molar-refractivity contribution >= 4 is 51.9 Å². The summed E-state index contributed by atoms with van der Waals surface area (Å²) in [4.78, 5) is 45.4. The minimum absolute atomic E-state index is 0.142. The third kappa shape index (κ3) is 8.19. The summed E-state index contributed by atoms with van der Waals surface area (Å²) in [6.45, 7) is 7.11. The number of halogens is 2. The first-order valence-corrected chi connectivity index (χ1v) is 10.8. The van der Waals surface area contributed by atoms with E-state index in [4.69, 9.17) is 47.7 Å². The molecule has 0 aliphatic carbocycles. The van der Waals surface area contributed by atoms with Gasteiger partial charge in [-0.15, -0.1) is 0 Å². The van der Waals surface area contributed by atoms with Gasteiger partial charge in [0.2, 0.25) is 0 Å². The molecule has 0 aliphatic rings. The molecule has 2 aromatic rings. The van der Waals surface area contributed by atoms with Crippen LogP contribution in [0.15, 0.2) is 16.9 Å². The molecular formula is C22H28Cl2N2O8. The Bertz CT molecular complexity index is 1120. The van der Waals surface area contributed by atoms with E-state index in [1.54, 1.807) is 0 Å². The van der Waals surface area contributed by atoms with E-state index in [1.165, 1.54) is 16.7 Å². The number of nitrogens with zero attached hydrogens (tertiary/aromatic N) is 2. The number of carboxylic acid groups (broad SMARTS) is 3. The van der Waals surface area contributed by atoms with Crippen molar-refractivity contribution in [2.24, 2.45) is 5.41 Å². The number of ether oxygens (including phenoxy) is 1. The highest BCUT2D eigenvalue weighted by molar-refractivity contribution is 6.42. The molecule has 12 heteroatoms. The Labute approximate surface area is 206 Å². The van der Waals surface area contributed by atoms with Crippen LogP contribution in [-0.4, -0.2) is 69.9 Å². The summed E-state index contributed by atoms with van der Waals surface area (Å²) < 4.78 is 7.16. The number of hydrogen-bond acceptors (Lipinski definition) is 6. The lowest BCUT2D eigenvalue weighted by atomic mass is 9.96. The van der Waals surface area contributed by atoms with Gasteiger partial charge in [0.25, 0.3) is 5.56 Å². The number of carbonyl (C=O) groups is 3. The van der Waals surface area contributed by atoms with E-state index in [-0.39, 0.29) is 38.8 Å². The number of pyridine rings is 1. The Hall–Kier alpha value is -2.82. The van der Waals surface area contributed by atoms with E-state index in [9.17, 15) is 14.7 Å². The molecule has 0 unspecified atom stereocenters. The van der Waals surface area contributed by atoms with Gasteiger partial charge in [-0.05, 0) is 38.1 Å². The maximum atomic E-state index is 13.1. The molecule has 188 valence electrons. The molecule has 0 amide bonds. The largest absolute Gasteiger partial charge is 0.490 e. The molecule has 0 spiro atoms. The fourth-order valence-corrected chi connectivity index (χ4v) is 3.27. The lowest BCUT2D eigenvalue weighted by Gasteiger charge is -2.24. The average molecular weight is 519 g/mol. The molecule has 0 atom stereocenters. The van der Waals surface area contributed by atoms with Crippen LogP contribution in [0.4, 0.5) is 0 Å². The van der Waals surface area contributed by atoms with Crippen molar-refractivity contribution in [2.45, 2.75) is 33.7 Å². The van der Waals surface area contributed by atoms with E-state index < -0.39 is 23.5 Å². The zero-order valence-electron chi connectivity index (χ0n) is 19.5. The highest BCUT2D eigenvalue weighted by Crippen LogP contribution is 2.35. The van der Waals surface area contributed by atoms with Gasteiger partial charge in [-0.25, -0.2) is 14.4 Å². The highest BCUT2D eigenvalue weighted by atomic mass is 35.5. The van der Waals surface area contributed by atoms with E-state index in [2.05, 4.69) is 0 Å². The molecule has 1 aromatic heterocycles. The Morgan fingerprint density at radius 2 is 1.50 bits per heavy atom. The van der Waals surface area contributed by atoms with Crippen LogP contribution in [0.25, 0.3) is 10.8 Å². The van der Waals surface area contributed by atoms with Gasteiger partial charge in [0.05, 0.1) is 22.0 Å². The van der Waals surface area contributed by atoms with E-state index in [0.717, 1.165) is 6.54 Å². The number of aromatic carboxylic acids is 1. The predicted octanol–water partition coefficient (Wildman–Crippen LogP) is 3.54. The van der Waals surface area contributed by atoms with Crippen LogP contribution in [-0.2, 0) is 16.1 Å². The predicted molar refractivity (Wildman–Crippen MR) is 129 cm³/mol. The van der Waals surface area contributed by atoms with Gasteiger partial charge in [-0.3, -0.25) is 9.36 Å². The summed E-state index contributed by atoms with van der Waals surface area (Å²) in [7, 11) is 3.90. The van der Waals surface area contributed by atoms with Crippen LogP contribution >= 0.6 is 23.2 Å². The first-order chi connectivity index (χ1) is 15.6. The molecule has 0 bridgehead atoms. The number of aromatic nitrogens is 1. The van der Waals surface area contributed by atoms with Crippen molar-refractivity contribution in [3.8, 4) is 5.75 Å². The SMILES string of the molecule is CN(C)CCCOc1c(C(=O)O)n(CC(C)(C)C)c(=O)c2cc(Cl)c(Cl)cc12.O=C(O)C(=O)O. The third-order valence-corrected chi connectivity index (χ3v) is 5.00. The number of benzene rings is 1.